The number of anilines is 1. The molecule has 5 heterocycles. The van der Waals surface area contributed by atoms with E-state index in [1.807, 2.05) is 11.8 Å². The predicted molar refractivity (Wildman–Crippen MR) is 169 cm³/mol. The molecule has 3 atom stereocenters. The molecule has 2 aromatic heterocycles. The lowest BCUT2D eigenvalue weighted by Crippen LogP contribution is -2.50. The lowest BCUT2D eigenvalue weighted by molar-refractivity contribution is 0.00424. The molecule has 1 saturated carbocycles. The van der Waals surface area contributed by atoms with Gasteiger partial charge in [0.2, 0.25) is 0 Å². The lowest BCUT2D eigenvalue weighted by atomic mass is 9.88. The van der Waals surface area contributed by atoms with Gasteiger partial charge in [0.1, 0.15) is 41.4 Å². The number of hydrogen-bond acceptors (Lipinski definition) is 8. The first-order valence-corrected chi connectivity index (χ1v) is 16.5. The van der Waals surface area contributed by atoms with Crippen LogP contribution in [0.2, 0.25) is 0 Å². The number of benzene rings is 2. The summed E-state index contributed by atoms with van der Waals surface area (Å²) in [5.74, 6) is -0.603. The Morgan fingerprint density at radius 2 is 1.91 bits per heavy atom. The fourth-order valence-electron chi connectivity index (χ4n) is 8.39. The zero-order chi connectivity index (χ0) is 31.8. The summed E-state index contributed by atoms with van der Waals surface area (Å²) in [5.41, 5.74) is -0.737. The number of aromatic nitrogens is 3. The minimum Gasteiger partial charge on any atom is -0.508 e. The molecule has 8 rings (SSSR count). The van der Waals surface area contributed by atoms with Crippen molar-refractivity contribution >= 4 is 27.5 Å². The molecule has 2 N–H and O–H groups in total. The Balaban J connectivity index is 1.27. The quantitative estimate of drug-likeness (QED) is 0.253. The number of hydrogen-bond donors (Lipinski definition) is 2. The number of pyridine rings is 1. The van der Waals surface area contributed by atoms with Gasteiger partial charge in [-0.1, -0.05) is 13.0 Å². The highest BCUT2D eigenvalue weighted by molar-refractivity contribution is 6.01. The highest BCUT2D eigenvalue weighted by Gasteiger charge is 2.50. The summed E-state index contributed by atoms with van der Waals surface area (Å²) >= 11 is 0. The number of piperidine rings is 1. The van der Waals surface area contributed by atoms with Crippen LogP contribution in [0.4, 0.5) is 19.0 Å². The van der Waals surface area contributed by atoms with Gasteiger partial charge in [-0.2, -0.15) is 9.97 Å². The van der Waals surface area contributed by atoms with Gasteiger partial charge in [-0.15, -0.1) is 0 Å². The molecule has 0 amide bonds. The Morgan fingerprint density at radius 1 is 1.09 bits per heavy atom. The van der Waals surface area contributed by atoms with E-state index in [2.05, 4.69) is 14.9 Å². The molecule has 4 aliphatic rings. The monoisotopic (exact) mass is 633 g/mol. The molecule has 4 fully saturated rings. The fourth-order valence-corrected chi connectivity index (χ4v) is 8.39. The number of β-amino-alcohol motifs (C(OH)–C–C–N with tert-alkyl or cyclic N) is 1. The average Bonchev–Trinajstić information content (AvgIpc) is 3.77. The van der Waals surface area contributed by atoms with E-state index >= 15 is 4.39 Å². The number of halogens is 3. The predicted octanol–water partition coefficient (Wildman–Crippen LogP) is 6.09. The van der Waals surface area contributed by atoms with Crippen LogP contribution in [0.25, 0.3) is 32.9 Å². The third-order valence-electron chi connectivity index (χ3n) is 10.8. The number of fused-ring (bicyclic) bond motifs is 3. The van der Waals surface area contributed by atoms with Gasteiger partial charge in [0, 0.05) is 37.8 Å². The largest absolute Gasteiger partial charge is 0.508 e. The number of aromatic hydroxyl groups is 1. The highest BCUT2D eigenvalue weighted by Crippen LogP contribution is 2.46. The van der Waals surface area contributed by atoms with Crippen LogP contribution in [0.1, 0.15) is 57.4 Å². The second kappa shape index (κ2) is 10.9. The molecule has 0 bridgehead atoms. The summed E-state index contributed by atoms with van der Waals surface area (Å²) < 4.78 is 52.6. The minimum absolute atomic E-state index is 0.0213. The molecule has 1 unspecified atom stereocenters. The van der Waals surface area contributed by atoms with Crippen molar-refractivity contribution in [1.29, 1.82) is 0 Å². The van der Waals surface area contributed by atoms with Gasteiger partial charge in [0.25, 0.3) is 0 Å². The third kappa shape index (κ3) is 4.85. The van der Waals surface area contributed by atoms with Gasteiger partial charge in [-0.3, -0.25) is 9.88 Å². The summed E-state index contributed by atoms with van der Waals surface area (Å²) in [6.07, 6.45) is 6.49. The molecule has 11 heteroatoms. The van der Waals surface area contributed by atoms with Crippen LogP contribution in [-0.2, 0) is 6.42 Å². The second-order valence-electron chi connectivity index (χ2n) is 13.8. The molecule has 242 valence electrons. The maximum Gasteiger partial charge on any atom is 0.319 e. The van der Waals surface area contributed by atoms with E-state index in [-0.39, 0.29) is 41.1 Å². The van der Waals surface area contributed by atoms with Gasteiger partial charge in [-0.25, -0.2) is 13.2 Å². The molecule has 8 nitrogen and oxygen atoms in total. The van der Waals surface area contributed by atoms with Gasteiger partial charge in [-0.05, 0) is 91.9 Å². The molecular formula is C35H38F3N5O3. The number of aryl methyl sites for hydroxylation is 1. The molecule has 3 aliphatic heterocycles. The van der Waals surface area contributed by atoms with Crippen molar-refractivity contribution in [2.45, 2.75) is 75.6 Å². The zero-order valence-corrected chi connectivity index (χ0v) is 25.9. The number of phenols is 1. The maximum atomic E-state index is 16.9. The van der Waals surface area contributed by atoms with E-state index < -0.39 is 28.9 Å². The third-order valence-corrected chi connectivity index (χ3v) is 10.8. The van der Waals surface area contributed by atoms with Crippen molar-refractivity contribution in [2.75, 3.05) is 37.7 Å². The first kappa shape index (κ1) is 29.7. The number of nitrogens with zero attached hydrogens (tertiary/aromatic N) is 5. The van der Waals surface area contributed by atoms with Gasteiger partial charge >= 0.3 is 6.01 Å². The molecule has 0 radical (unpaired) electrons. The molecule has 2 aromatic carbocycles. The topological polar surface area (TPSA) is 94.8 Å². The Morgan fingerprint density at radius 3 is 2.72 bits per heavy atom. The van der Waals surface area contributed by atoms with E-state index in [4.69, 9.17) is 9.72 Å². The first-order valence-electron chi connectivity index (χ1n) is 16.5. The number of phenolic OH excluding ortho intramolecular Hbond substituents is 1. The van der Waals surface area contributed by atoms with Crippen molar-refractivity contribution in [2.24, 2.45) is 5.92 Å². The Labute approximate surface area is 265 Å². The standard InChI is InChI=1S/C35H38F3N5O3/c1-2-24-27(37)8-5-20-13-23(44)14-25(28(20)24)30-29(38)31-26(16-39-30)32(42-11-4-10-35(45,18-42)21-6-7-21)41-33(40-31)46-19-34-9-3-12-43(34)17-22(36)15-34/h5,8,13-14,16,21-22,44-45H,2-4,6-7,9-12,15,17-19H2,1H3/t22-,34+,35?/m1/s1. The van der Waals surface area contributed by atoms with Crippen LogP contribution in [-0.4, -0.2) is 80.2 Å². The van der Waals surface area contributed by atoms with Crippen LogP contribution in [0.5, 0.6) is 11.8 Å². The zero-order valence-electron chi connectivity index (χ0n) is 25.9. The fraction of sp³-hybridized carbons (Fsp3) is 0.514. The van der Waals surface area contributed by atoms with Crippen molar-refractivity contribution < 1.29 is 28.1 Å². The maximum absolute atomic E-state index is 16.9. The molecule has 3 saturated heterocycles. The Hall–Kier alpha value is -3.70. The van der Waals surface area contributed by atoms with Gasteiger partial charge in [0.15, 0.2) is 5.82 Å². The van der Waals surface area contributed by atoms with Gasteiger partial charge in [0.05, 0.1) is 16.5 Å². The van der Waals surface area contributed by atoms with Crippen molar-refractivity contribution in [1.82, 2.24) is 19.9 Å². The second-order valence-corrected chi connectivity index (χ2v) is 13.8. The SMILES string of the molecule is CCc1c(F)ccc2cc(O)cc(-c3ncc4c(N5CCCC(O)(C6CC6)C5)nc(OC[C@@]56CCCN5C[C@H](F)C6)nc4c3F)c12. The van der Waals surface area contributed by atoms with E-state index in [0.717, 1.165) is 38.6 Å². The molecule has 1 aliphatic carbocycles. The number of alkyl halides is 1. The van der Waals surface area contributed by atoms with Crippen molar-refractivity contribution in [3.05, 3.63) is 47.7 Å². The van der Waals surface area contributed by atoms with Crippen LogP contribution < -0.4 is 9.64 Å². The minimum atomic E-state index is -0.925. The summed E-state index contributed by atoms with van der Waals surface area (Å²) in [4.78, 5) is 18.0. The average molecular weight is 634 g/mol. The molecule has 46 heavy (non-hydrogen) atoms. The number of rotatable bonds is 7. The normalized spacial score (nSPS) is 26.7. The molecule has 4 aromatic rings. The van der Waals surface area contributed by atoms with E-state index in [0.29, 0.717) is 66.4 Å². The van der Waals surface area contributed by atoms with Gasteiger partial charge < -0.3 is 19.8 Å². The summed E-state index contributed by atoms with van der Waals surface area (Å²) in [6, 6.07) is 5.81. The number of ether oxygens (including phenoxy) is 1. The number of aliphatic hydroxyl groups is 1. The lowest BCUT2D eigenvalue weighted by Gasteiger charge is -2.40. The highest BCUT2D eigenvalue weighted by atomic mass is 19.1. The van der Waals surface area contributed by atoms with E-state index in [1.54, 1.807) is 6.07 Å². The van der Waals surface area contributed by atoms with Crippen LogP contribution in [0, 0.1) is 17.6 Å². The van der Waals surface area contributed by atoms with E-state index in [9.17, 15) is 19.0 Å². The van der Waals surface area contributed by atoms with E-state index in [1.165, 1.54) is 24.4 Å². The van der Waals surface area contributed by atoms with Crippen LogP contribution in [0.3, 0.4) is 0 Å². The summed E-state index contributed by atoms with van der Waals surface area (Å²) in [5, 5.41) is 23.5. The van der Waals surface area contributed by atoms with Crippen LogP contribution >= 0.6 is 0 Å². The first-order chi connectivity index (χ1) is 22.2. The molecule has 0 spiro atoms. The smallest absolute Gasteiger partial charge is 0.319 e. The van der Waals surface area contributed by atoms with Crippen molar-refractivity contribution in [3.8, 4) is 23.0 Å². The summed E-state index contributed by atoms with van der Waals surface area (Å²) in [7, 11) is 0. The Bertz CT molecular complexity index is 1850. The molecular weight excluding hydrogens is 595 g/mol. The van der Waals surface area contributed by atoms with Crippen molar-refractivity contribution in [3.63, 3.8) is 0 Å². The Kier molecular flexibility index (Phi) is 7.06. The summed E-state index contributed by atoms with van der Waals surface area (Å²) in [6.45, 7) is 4.15. The van der Waals surface area contributed by atoms with Crippen LogP contribution in [0.15, 0.2) is 30.5 Å².